The number of ether oxygens (including phenoxy) is 1. The summed E-state index contributed by atoms with van der Waals surface area (Å²) >= 11 is 0. The summed E-state index contributed by atoms with van der Waals surface area (Å²) in [5, 5.41) is 20.2. The van der Waals surface area contributed by atoms with Gasteiger partial charge in [0.15, 0.2) is 0 Å². The molecule has 2 unspecified atom stereocenters. The minimum atomic E-state index is -0.548. The average molecular weight is 457 g/mol. The monoisotopic (exact) mass is 456 g/mol. The van der Waals surface area contributed by atoms with Crippen LogP contribution >= 0.6 is 0 Å². The summed E-state index contributed by atoms with van der Waals surface area (Å²) < 4.78 is 5.27. The molecule has 4 heteroatoms. The maximum atomic E-state index is 11.6. The summed E-state index contributed by atoms with van der Waals surface area (Å²) in [4.78, 5) is 11.6. The van der Waals surface area contributed by atoms with E-state index < -0.39 is 12.2 Å². The Balaban J connectivity index is 3.33. The summed E-state index contributed by atoms with van der Waals surface area (Å²) in [5.41, 5.74) is 0. The van der Waals surface area contributed by atoms with E-state index in [4.69, 9.17) is 4.74 Å². The molecular formula is C28H56O4. The van der Waals surface area contributed by atoms with Crippen LogP contribution in [-0.4, -0.2) is 35.0 Å². The molecule has 0 saturated heterocycles. The molecule has 0 rings (SSSR count). The van der Waals surface area contributed by atoms with Gasteiger partial charge in [-0.25, -0.2) is 0 Å². The van der Waals surface area contributed by atoms with Crippen LogP contribution in [-0.2, 0) is 9.53 Å². The van der Waals surface area contributed by atoms with Gasteiger partial charge < -0.3 is 14.9 Å². The summed E-state index contributed by atoms with van der Waals surface area (Å²) in [5.74, 6) is -0.0271. The van der Waals surface area contributed by atoms with Gasteiger partial charge in [0.2, 0.25) is 0 Å². The highest BCUT2D eigenvalue weighted by Gasteiger charge is 2.15. The van der Waals surface area contributed by atoms with E-state index in [0.29, 0.717) is 13.0 Å². The van der Waals surface area contributed by atoms with Crippen molar-refractivity contribution >= 4 is 5.97 Å². The number of hydrogen-bond donors (Lipinski definition) is 2. The largest absolute Gasteiger partial charge is 0.466 e. The lowest BCUT2D eigenvalue weighted by Gasteiger charge is -2.17. The molecular weight excluding hydrogens is 400 g/mol. The maximum Gasteiger partial charge on any atom is 0.305 e. The normalized spacial score (nSPS) is 13.2. The fourth-order valence-electron chi connectivity index (χ4n) is 4.17. The van der Waals surface area contributed by atoms with Gasteiger partial charge in [-0.1, -0.05) is 123 Å². The second kappa shape index (κ2) is 25.0. The van der Waals surface area contributed by atoms with Gasteiger partial charge in [0, 0.05) is 6.42 Å². The zero-order valence-corrected chi connectivity index (χ0v) is 21.6. The topological polar surface area (TPSA) is 66.8 Å². The molecule has 0 aromatic rings. The first-order valence-electron chi connectivity index (χ1n) is 14.1. The fourth-order valence-corrected chi connectivity index (χ4v) is 4.17. The van der Waals surface area contributed by atoms with Crippen molar-refractivity contribution in [1.29, 1.82) is 0 Å². The molecule has 0 aromatic carbocycles. The van der Waals surface area contributed by atoms with Crippen LogP contribution in [0.2, 0.25) is 0 Å². The molecule has 0 radical (unpaired) electrons. The van der Waals surface area contributed by atoms with Gasteiger partial charge in [0.25, 0.3) is 0 Å². The predicted octanol–water partition coefficient (Wildman–Crippen LogP) is 7.87. The highest BCUT2D eigenvalue weighted by Crippen LogP contribution is 2.16. The summed E-state index contributed by atoms with van der Waals surface area (Å²) in [6, 6.07) is 0. The van der Waals surface area contributed by atoms with E-state index in [1.54, 1.807) is 0 Å². The first kappa shape index (κ1) is 31.4. The Morgan fingerprint density at radius 1 is 0.562 bits per heavy atom. The van der Waals surface area contributed by atoms with E-state index in [1.807, 2.05) is 0 Å². The van der Waals surface area contributed by atoms with Crippen molar-refractivity contribution in [3.63, 3.8) is 0 Å². The van der Waals surface area contributed by atoms with E-state index in [2.05, 4.69) is 13.8 Å². The van der Waals surface area contributed by atoms with Crippen LogP contribution in [0.3, 0.4) is 0 Å². The number of hydrogen-bond acceptors (Lipinski definition) is 4. The van der Waals surface area contributed by atoms with Crippen molar-refractivity contribution in [3.05, 3.63) is 0 Å². The van der Waals surface area contributed by atoms with Gasteiger partial charge in [-0.05, 0) is 25.7 Å². The number of aliphatic hydroxyl groups excluding tert-OH is 2. The Morgan fingerprint density at radius 2 is 0.938 bits per heavy atom. The average Bonchev–Trinajstić information content (AvgIpc) is 2.79. The molecule has 0 bridgehead atoms. The van der Waals surface area contributed by atoms with Crippen LogP contribution in [0, 0.1) is 0 Å². The molecule has 0 fully saturated rings. The number of carbonyl (C=O) groups is 1. The lowest BCUT2D eigenvalue weighted by molar-refractivity contribution is -0.143. The molecule has 0 saturated carbocycles. The van der Waals surface area contributed by atoms with Crippen molar-refractivity contribution in [2.24, 2.45) is 0 Å². The Labute approximate surface area is 199 Å². The number of rotatable bonds is 25. The molecule has 192 valence electrons. The van der Waals surface area contributed by atoms with Gasteiger partial charge in [-0.2, -0.15) is 0 Å². The van der Waals surface area contributed by atoms with Gasteiger partial charge >= 0.3 is 5.97 Å². The third-order valence-electron chi connectivity index (χ3n) is 6.44. The van der Waals surface area contributed by atoms with Gasteiger partial charge in [0.1, 0.15) is 0 Å². The lowest BCUT2D eigenvalue weighted by Crippen LogP contribution is -2.25. The SMILES string of the molecule is CCCCCCCCC(O)C(O)CCCCCCCCCCCC(=O)OCCCCCC. The quantitative estimate of drug-likeness (QED) is 0.108. The van der Waals surface area contributed by atoms with E-state index in [-0.39, 0.29) is 5.97 Å². The maximum absolute atomic E-state index is 11.6. The number of carbonyl (C=O) groups excluding carboxylic acids is 1. The predicted molar refractivity (Wildman–Crippen MR) is 136 cm³/mol. The molecule has 4 nitrogen and oxygen atoms in total. The van der Waals surface area contributed by atoms with E-state index in [1.165, 1.54) is 77.0 Å². The third-order valence-corrected chi connectivity index (χ3v) is 6.44. The van der Waals surface area contributed by atoms with E-state index >= 15 is 0 Å². The standard InChI is InChI=1S/C28H56O4/c1-3-5-7-9-15-18-22-26(29)27(30)23-19-16-13-11-10-12-14-17-20-24-28(31)32-25-21-8-6-4-2/h26-27,29-30H,3-25H2,1-2H3. The Kier molecular flexibility index (Phi) is 24.5. The van der Waals surface area contributed by atoms with Gasteiger partial charge in [0.05, 0.1) is 18.8 Å². The van der Waals surface area contributed by atoms with E-state index in [0.717, 1.165) is 57.8 Å². The lowest BCUT2D eigenvalue weighted by atomic mass is 9.99. The molecule has 0 heterocycles. The van der Waals surface area contributed by atoms with Crippen molar-refractivity contribution in [1.82, 2.24) is 0 Å². The minimum Gasteiger partial charge on any atom is -0.466 e. The second-order valence-electron chi connectivity index (χ2n) is 9.69. The van der Waals surface area contributed by atoms with Crippen molar-refractivity contribution in [3.8, 4) is 0 Å². The Hall–Kier alpha value is -0.610. The summed E-state index contributed by atoms with van der Waals surface area (Å²) in [6.07, 6.45) is 23.2. The Morgan fingerprint density at radius 3 is 1.41 bits per heavy atom. The number of aliphatic hydroxyl groups is 2. The van der Waals surface area contributed by atoms with Crippen LogP contribution in [0.5, 0.6) is 0 Å². The number of unbranched alkanes of at least 4 members (excludes halogenated alkanes) is 16. The number of esters is 1. The molecule has 0 amide bonds. The smallest absolute Gasteiger partial charge is 0.305 e. The first-order chi connectivity index (χ1) is 15.6. The molecule has 0 aromatic heterocycles. The van der Waals surface area contributed by atoms with Crippen LogP contribution < -0.4 is 0 Å². The van der Waals surface area contributed by atoms with Crippen molar-refractivity contribution in [2.45, 2.75) is 167 Å². The molecule has 32 heavy (non-hydrogen) atoms. The van der Waals surface area contributed by atoms with Crippen molar-refractivity contribution < 1.29 is 19.7 Å². The highest BCUT2D eigenvalue weighted by atomic mass is 16.5. The van der Waals surface area contributed by atoms with Crippen LogP contribution in [0.1, 0.15) is 155 Å². The molecule has 0 aliphatic heterocycles. The molecule has 0 spiro atoms. The first-order valence-corrected chi connectivity index (χ1v) is 14.1. The second-order valence-corrected chi connectivity index (χ2v) is 9.69. The minimum absolute atomic E-state index is 0.0271. The fraction of sp³-hybridized carbons (Fsp3) is 0.964. The molecule has 0 aliphatic rings. The van der Waals surface area contributed by atoms with Crippen LogP contribution in [0.15, 0.2) is 0 Å². The van der Waals surface area contributed by atoms with Crippen LogP contribution in [0.4, 0.5) is 0 Å². The summed E-state index contributed by atoms with van der Waals surface area (Å²) in [7, 11) is 0. The Bertz CT molecular complexity index is 386. The third kappa shape index (κ3) is 22.6. The zero-order valence-electron chi connectivity index (χ0n) is 21.6. The van der Waals surface area contributed by atoms with Crippen molar-refractivity contribution in [2.75, 3.05) is 6.61 Å². The van der Waals surface area contributed by atoms with Gasteiger partial charge in [-0.15, -0.1) is 0 Å². The molecule has 0 aliphatic carbocycles. The summed E-state index contributed by atoms with van der Waals surface area (Å²) in [6.45, 7) is 5.00. The van der Waals surface area contributed by atoms with Gasteiger partial charge in [-0.3, -0.25) is 4.79 Å². The highest BCUT2D eigenvalue weighted by molar-refractivity contribution is 5.69. The molecule has 2 N–H and O–H groups in total. The molecule has 2 atom stereocenters. The zero-order chi connectivity index (χ0) is 23.7. The van der Waals surface area contributed by atoms with E-state index in [9.17, 15) is 15.0 Å². The van der Waals surface area contributed by atoms with Crippen LogP contribution in [0.25, 0.3) is 0 Å².